The Bertz CT molecular complexity index is 575. The van der Waals surface area contributed by atoms with Gasteiger partial charge in [0.25, 0.3) is 0 Å². The Morgan fingerprint density at radius 1 is 1.37 bits per heavy atom. The number of hydrogen-bond acceptors (Lipinski definition) is 5. The molecule has 7 nitrogen and oxygen atoms in total. The van der Waals surface area contributed by atoms with Crippen molar-refractivity contribution in [3.8, 4) is 5.69 Å². The zero-order valence-electron chi connectivity index (χ0n) is 10.6. The lowest BCUT2D eigenvalue weighted by Crippen LogP contribution is -2.18. The molecule has 0 atom stereocenters. The van der Waals surface area contributed by atoms with Crippen molar-refractivity contribution in [1.82, 2.24) is 20.2 Å². The largest absolute Gasteiger partial charge is 0.452 e. The lowest BCUT2D eigenvalue weighted by molar-refractivity contribution is 0.171. The molecule has 1 aromatic carbocycles. The van der Waals surface area contributed by atoms with Crippen LogP contribution < -0.4 is 5.43 Å². The first-order valence-electron chi connectivity index (χ1n) is 5.54. The van der Waals surface area contributed by atoms with Gasteiger partial charge in [-0.2, -0.15) is 10.2 Å². The molecule has 0 bridgehead atoms. The Morgan fingerprint density at radius 3 is 2.68 bits per heavy atom. The summed E-state index contributed by atoms with van der Waals surface area (Å²) in [5, 5.41) is 7.95. The van der Waals surface area contributed by atoms with Crippen molar-refractivity contribution in [2.75, 3.05) is 7.11 Å². The number of hydrogen-bond donors (Lipinski definition) is 1. The predicted octanol–water partition coefficient (Wildman–Crippen LogP) is 1.35. The minimum Gasteiger partial charge on any atom is -0.452 e. The topological polar surface area (TPSA) is 81.4 Å². The van der Waals surface area contributed by atoms with Gasteiger partial charge in [0.1, 0.15) is 12.7 Å². The second-order valence-electron chi connectivity index (χ2n) is 3.69. The maximum absolute atomic E-state index is 10.9. The van der Waals surface area contributed by atoms with E-state index in [9.17, 15) is 4.79 Å². The second kappa shape index (κ2) is 5.76. The second-order valence-corrected chi connectivity index (χ2v) is 3.69. The first-order valence-corrected chi connectivity index (χ1v) is 5.54. The molecule has 2 aromatic rings. The van der Waals surface area contributed by atoms with Crippen LogP contribution in [-0.2, 0) is 4.74 Å². The molecule has 1 amide bonds. The third-order valence-corrected chi connectivity index (χ3v) is 2.47. The Hall–Kier alpha value is -2.70. The quantitative estimate of drug-likeness (QED) is 0.666. The van der Waals surface area contributed by atoms with Crippen LogP contribution in [0.4, 0.5) is 4.79 Å². The molecular formula is C12H13N5O2. The zero-order chi connectivity index (χ0) is 13.7. The van der Waals surface area contributed by atoms with E-state index in [0.29, 0.717) is 5.71 Å². The molecule has 1 aromatic heterocycles. The van der Waals surface area contributed by atoms with Gasteiger partial charge in [-0.05, 0) is 24.6 Å². The first-order chi connectivity index (χ1) is 9.20. The number of rotatable bonds is 3. The fraction of sp³-hybridized carbons (Fsp3) is 0.167. The molecule has 0 spiro atoms. The van der Waals surface area contributed by atoms with Crippen molar-refractivity contribution in [2.24, 2.45) is 5.10 Å². The minimum absolute atomic E-state index is 0.599. The van der Waals surface area contributed by atoms with Crippen LogP contribution in [0.3, 0.4) is 0 Å². The summed E-state index contributed by atoms with van der Waals surface area (Å²) in [7, 11) is 1.28. The molecule has 0 saturated heterocycles. The van der Waals surface area contributed by atoms with Gasteiger partial charge in [0.05, 0.1) is 18.5 Å². The van der Waals surface area contributed by atoms with Crippen LogP contribution in [0, 0.1) is 0 Å². The van der Waals surface area contributed by atoms with Crippen LogP contribution in [0.5, 0.6) is 0 Å². The number of hydrazone groups is 1. The summed E-state index contributed by atoms with van der Waals surface area (Å²) in [6.07, 6.45) is 2.49. The van der Waals surface area contributed by atoms with Crippen molar-refractivity contribution in [2.45, 2.75) is 6.92 Å². The van der Waals surface area contributed by atoms with E-state index in [1.165, 1.54) is 13.4 Å². The third-order valence-electron chi connectivity index (χ3n) is 2.47. The summed E-state index contributed by atoms with van der Waals surface area (Å²) in [6.45, 7) is 1.79. The highest BCUT2D eigenvalue weighted by atomic mass is 16.5. The van der Waals surface area contributed by atoms with Crippen LogP contribution >= 0.6 is 0 Å². The Kier molecular flexibility index (Phi) is 3.87. The Labute approximate surface area is 109 Å². The van der Waals surface area contributed by atoms with Crippen LogP contribution in [0.1, 0.15) is 12.5 Å². The van der Waals surface area contributed by atoms with Gasteiger partial charge in [0.2, 0.25) is 0 Å². The molecule has 7 heteroatoms. The lowest BCUT2D eigenvalue weighted by atomic mass is 10.1. The number of aromatic nitrogens is 3. The summed E-state index contributed by atoms with van der Waals surface area (Å²) in [5.41, 5.74) is 4.74. The number of nitrogens with zero attached hydrogens (tertiary/aromatic N) is 4. The molecule has 0 saturated carbocycles. The molecule has 1 heterocycles. The molecule has 19 heavy (non-hydrogen) atoms. The van der Waals surface area contributed by atoms with Crippen LogP contribution in [-0.4, -0.2) is 33.7 Å². The van der Waals surface area contributed by atoms with E-state index < -0.39 is 6.09 Å². The number of benzene rings is 1. The highest BCUT2D eigenvalue weighted by Gasteiger charge is 2.01. The third kappa shape index (κ3) is 3.15. The van der Waals surface area contributed by atoms with Gasteiger partial charge >= 0.3 is 6.09 Å². The van der Waals surface area contributed by atoms with Crippen molar-refractivity contribution in [1.29, 1.82) is 0 Å². The van der Waals surface area contributed by atoms with Crippen molar-refractivity contribution in [3.63, 3.8) is 0 Å². The van der Waals surface area contributed by atoms with E-state index in [0.717, 1.165) is 11.3 Å². The molecule has 0 aliphatic carbocycles. The number of nitrogens with one attached hydrogen (secondary N) is 1. The summed E-state index contributed by atoms with van der Waals surface area (Å²) in [5.74, 6) is 0. The van der Waals surface area contributed by atoms with Gasteiger partial charge in [-0.1, -0.05) is 12.1 Å². The van der Waals surface area contributed by atoms with Crippen molar-refractivity contribution in [3.05, 3.63) is 42.5 Å². The van der Waals surface area contributed by atoms with Gasteiger partial charge in [0, 0.05) is 0 Å². The molecule has 98 valence electrons. The van der Waals surface area contributed by atoms with Gasteiger partial charge in [0.15, 0.2) is 0 Å². The van der Waals surface area contributed by atoms with Gasteiger partial charge in [-0.15, -0.1) is 0 Å². The number of ether oxygens (including phenoxy) is 1. The zero-order valence-corrected chi connectivity index (χ0v) is 10.6. The average molecular weight is 259 g/mol. The van der Waals surface area contributed by atoms with E-state index in [2.05, 4.69) is 25.3 Å². The summed E-state index contributed by atoms with van der Waals surface area (Å²) in [4.78, 5) is 14.8. The minimum atomic E-state index is -0.599. The van der Waals surface area contributed by atoms with Crippen LogP contribution in [0.25, 0.3) is 5.69 Å². The highest BCUT2D eigenvalue weighted by molar-refractivity contribution is 5.99. The van der Waals surface area contributed by atoms with Crippen molar-refractivity contribution < 1.29 is 9.53 Å². The summed E-state index contributed by atoms with van der Waals surface area (Å²) in [6, 6.07) is 7.55. The lowest BCUT2D eigenvalue weighted by Gasteiger charge is -2.04. The maximum Gasteiger partial charge on any atom is 0.427 e. The molecule has 1 N–H and O–H groups in total. The normalized spacial score (nSPS) is 11.2. The predicted molar refractivity (Wildman–Crippen MR) is 69.1 cm³/mol. The van der Waals surface area contributed by atoms with Crippen LogP contribution in [0.15, 0.2) is 42.0 Å². The van der Waals surface area contributed by atoms with E-state index in [1.807, 2.05) is 24.3 Å². The molecule has 0 unspecified atom stereocenters. The van der Waals surface area contributed by atoms with Gasteiger partial charge in [-0.25, -0.2) is 19.9 Å². The molecule has 0 aliphatic heterocycles. The fourth-order valence-electron chi connectivity index (χ4n) is 1.44. The summed E-state index contributed by atoms with van der Waals surface area (Å²) >= 11 is 0. The first kappa shape index (κ1) is 12.7. The van der Waals surface area contributed by atoms with Gasteiger partial charge < -0.3 is 4.74 Å². The molecule has 2 rings (SSSR count). The Morgan fingerprint density at radius 2 is 2.11 bits per heavy atom. The SMILES string of the molecule is COC(=O)N/N=C(\C)c1ccc(-n2cncn2)cc1. The van der Waals surface area contributed by atoms with Crippen LogP contribution in [0.2, 0.25) is 0 Å². The number of carbonyl (C=O) groups excluding carboxylic acids is 1. The highest BCUT2D eigenvalue weighted by Crippen LogP contribution is 2.08. The number of carbonyl (C=O) groups is 1. The standard InChI is InChI=1S/C12H13N5O2/c1-9(15-16-12(18)19-2)10-3-5-11(6-4-10)17-8-13-7-14-17/h3-8H,1-2H3,(H,16,18)/b15-9+. The van der Waals surface area contributed by atoms with E-state index in [-0.39, 0.29) is 0 Å². The smallest absolute Gasteiger partial charge is 0.427 e. The van der Waals surface area contributed by atoms with E-state index in [1.54, 1.807) is 17.9 Å². The molecule has 0 radical (unpaired) electrons. The average Bonchev–Trinajstić information content (AvgIpc) is 2.98. The summed E-state index contributed by atoms with van der Waals surface area (Å²) < 4.78 is 6.08. The van der Waals surface area contributed by atoms with E-state index in [4.69, 9.17) is 0 Å². The molecule has 0 fully saturated rings. The van der Waals surface area contributed by atoms with Crippen molar-refractivity contribution >= 4 is 11.8 Å². The molecule has 0 aliphatic rings. The number of amides is 1. The van der Waals surface area contributed by atoms with E-state index >= 15 is 0 Å². The maximum atomic E-state index is 10.9. The van der Waals surface area contributed by atoms with Gasteiger partial charge in [-0.3, -0.25) is 0 Å². The number of methoxy groups -OCH3 is 1. The molecular weight excluding hydrogens is 246 g/mol. The fourth-order valence-corrected chi connectivity index (χ4v) is 1.44. The Balaban J connectivity index is 2.12. The monoisotopic (exact) mass is 259 g/mol.